The minimum atomic E-state index is -0.335. The molecule has 0 saturated heterocycles. The first-order valence-electron chi connectivity index (χ1n) is 6.98. The number of aliphatic imine (C=N–C) groups is 1. The van der Waals surface area contributed by atoms with Crippen molar-refractivity contribution in [2.75, 3.05) is 0 Å². The maximum Gasteiger partial charge on any atom is 0.161 e. The highest BCUT2D eigenvalue weighted by Crippen LogP contribution is 2.42. The summed E-state index contributed by atoms with van der Waals surface area (Å²) in [6.45, 7) is 1.90. The Kier molecular flexibility index (Phi) is 3.23. The number of benzene rings is 1. The second-order valence-electron chi connectivity index (χ2n) is 5.39. The minimum absolute atomic E-state index is 0.151. The normalized spacial score (nSPS) is 25.8. The highest BCUT2D eigenvalue weighted by Gasteiger charge is 2.38. The molecule has 3 heteroatoms. The Morgan fingerprint density at radius 3 is 2.70 bits per heavy atom. The van der Waals surface area contributed by atoms with Crippen molar-refractivity contribution in [1.29, 1.82) is 5.26 Å². The van der Waals surface area contributed by atoms with Crippen molar-refractivity contribution in [3.05, 3.63) is 47.2 Å². The molecule has 1 heterocycles. The van der Waals surface area contributed by atoms with Crippen molar-refractivity contribution >= 4 is 11.5 Å². The summed E-state index contributed by atoms with van der Waals surface area (Å²) >= 11 is 0. The van der Waals surface area contributed by atoms with Crippen LogP contribution in [0.3, 0.4) is 0 Å². The van der Waals surface area contributed by atoms with Crippen LogP contribution in [0.4, 0.5) is 0 Å². The fourth-order valence-electron chi connectivity index (χ4n) is 3.19. The first kappa shape index (κ1) is 12.8. The summed E-state index contributed by atoms with van der Waals surface area (Å²) in [5.74, 6) is -0.323. The van der Waals surface area contributed by atoms with Crippen molar-refractivity contribution in [3.63, 3.8) is 0 Å². The lowest BCUT2D eigenvalue weighted by molar-refractivity contribution is -0.116. The van der Waals surface area contributed by atoms with Gasteiger partial charge in [-0.1, -0.05) is 30.3 Å². The van der Waals surface area contributed by atoms with E-state index in [1.54, 1.807) is 0 Å². The average molecular weight is 264 g/mol. The largest absolute Gasteiger partial charge is 0.294 e. The van der Waals surface area contributed by atoms with Crippen molar-refractivity contribution in [2.45, 2.75) is 32.1 Å². The van der Waals surface area contributed by atoms with Gasteiger partial charge < -0.3 is 0 Å². The molecular weight excluding hydrogens is 248 g/mol. The fraction of sp³-hybridized carbons (Fsp3) is 0.353. The smallest absolute Gasteiger partial charge is 0.161 e. The Labute approximate surface area is 118 Å². The molecule has 1 aliphatic carbocycles. The van der Waals surface area contributed by atoms with Gasteiger partial charge in [0.2, 0.25) is 0 Å². The van der Waals surface area contributed by atoms with Crippen LogP contribution in [0.2, 0.25) is 0 Å². The Morgan fingerprint density at radius 2 is 2.00 bits per heavy atom. The predicted molar refractivity (Wildman–Crippen MR) is 77.3 cm³/mol. The highest BCUT2D eigenvalue weighted by molar-refractivity contribution is 6.02. The number of Topliss-reactive ketones (excluding diaryl/α,β-unsaturated/α-hetero) is 1. The van der Waals surface area contributed by atoms with Gasteiger partial charge in [-0.2, -0.15) is 5.26 Å². The molecule has 2 aliphatic rings. The van der Waals surface area contributed by atoms with E-state index in [2.05, 4.69) is 11.1 Å². The van der Waals surface area contributed by atoms with Crippen LogP contribution in [0.5, 0.6) is 0 Å². The third-order valence-corrected chi connectivity index (χ3v) is 4.13. The lowest BCUT2D eigenvalue weighted by Gasteiger charge is -2.32. The van der Waals surface area contributed by atoms with Gasteiger partial charge in [0.15, 0.2) is 5.78 Å². The predicted octanol–water partition coefficient (Wildman–Crippen LogP) is 3.39. The third kappa shape index (κ3) is 1.98. The summed E-state index contributed by atoms with van der Waals surface area (Å²) in [7, 11) is 0. The van der Waals surface area contributed by atoms with Crippen molar-refractivity contribution in [3.8, 4) is 6.07 Å². The molecule has 2 atom stereocenters. The molecule has 0 bridgehead atoms. The standard InChI is InChI=1S/C17H16N2O/c1-11-13(10-18)16(12-6-3-2-4-7-12)17-14(19-11)8-5-9-15(17)20/h2-4,6-7,13,16H,5,8-9H2,1H3. The lowest BCUT2D eigenvalue weighted by Crippen LogP contribution is -2.30. The van der Waals surface area contributed by atoms with Crippen LogP contribution < -0.4 is 0 Å². The first-order chi connectivity index (χ1) is 9.72. The van der Waals surface area contributed by atoms with E-state index in [0.29, 0.717) is 6.42 Å². The molecule has 0 N–H and O–H groups in total. The van der Waals surface area contributed by atoms with E-state index < -0.39 is 0 Å². The minimum Gasteiger partial charge on any atom is -0.294 e. The topological polar surface area (TPSA) is 53.2 Å². The van der Waals surface area contributed by atoms with Gasteiger partial charge >= 0.3 is 0 Å². The molecule has 100 valence electrons. The van der Waals surface area contributed by atoms with Crippen LogP contribution in [0.15, 0.2) is 46.6 Å². The van der Waals surface area contributed by atoms with Gasteiger partial charge in [-0.15, -0.1) is 0 Å². The quantitative estimate of drug-likeness (QED) is 0.780. The van der Waals surface area contributed by atoms with Crippen LogP contribution >= 0.6 is 0 Å². The van der Waals surface area contributed by atoms with E-state index in [-0.39, 0.29) is 17.6 Å². The Morgan fingerprint density at radius 1 is 1.25 bits per heavy atom. The number of ketones is 1. The summed E-state index contributed by atoms with van der Waals surface area (Å²) in [4.78, 5) is 16.9. The molecule has 0 saturated carbocycles. The second-order valence-corrected chi connectivity index (χ2v) is 5.39. The maximum absolute atomic E-state index is 12.3. The van der Waals surface area contributed by atoms with Gasteiger partial charge in [0.1, 0.15) is 0 Å². The molecule has 0 fully saturated rings. The zero-order valence-electron chi connectivity index (χ0n) is 11.5. The van der Waals surface area contributed by atoms with Gasteiger partial charge in [0, 0.05) is 29.3 Å². The molecule has 1 aliphatic heterocycles. The number of allylic oxidation sites excluding steroid dienone is 2. The Bertz CT molecular complexity index is 649. The van der Waals surface area contributed by atoms with E-state index in [1.165, 1.54) is 0 Å². The number of carbonyl (C=O) groups excluding carboxylic acids is 1. The first-order valence-corrected chi connectivity index (χ1v) is 6.98. The summed E-state index contributed by atoms with van der Waals surface area (Å²) < 4.78 is 0. The van der Waals surface area contributed by atoms with E-state index >= 15 is 0 Å². The van der Waals surface area contributed by atoms with Gasteiger partial charge in [0.05, 0.1) is 12.0 Å². The molecule has 0 radical (unpaired) electrons. The maximum atomic E-state index is 12.3. The van der Waals surface area contributed by atoms with Gasteiger partial charge in [-0.3, -0.25) is 9.79 Å². The van der Waals surface area contributed by atoms with Crippen molar-refractivity contribution in [1.82, 2.24) is 0 Å². The molecule has 0 spiro atoms. The summed E-state index contributed by atoms with van der Waals surface area (Å²) in [5.41, 5.74) is 3.55. The van der Waals surface area contributed by atoms with Crippen LogP contribution in [0, 0.1) is 17.2 Å². The lowest BCUT2D eigenvalue weighted by atomic mass is 9.72. The molecule has 0 amide bonds. The average Bonchev–Trinajstić information content (AvgIpc) is 2.47. The monoisotopic (exact) mass is 264 g/mol. The number of hydrogen-bond donors (Lipinski definition) is 0. The zero-order valence-corrected chi connectivity index (χ0v) is 11.5. The Balaban J connectivity index is 2.18. The van der Waals surface area contributed by atoms with Gasteiger partial charge in [-0.05, 0) is 25.3 Å². The molecule has 3 nitrogen and oxygen atoms in total. The number of nitrogens with zero attached hydrogens (tertiary/aromatic N) is 2. The van der Waals surface area contributed by atoms with Crippen LogP contribution in [-0.2, 0) is 4.79 Å². The van der Waals surface area contributed by atoms with Crippen LogP contribution in [0.1, 0.15) is 37.7 Å². The van der Waals surface area contributed by atoms with E-state index in [9.17, 15) is 10.1 Å². The van der Waals surface area contributed by atoms with Crippen LogP contribution in [0.25, 0.3) is 0 Å². The number of hydrogen-bond acceptors (Lipinski definition) is 3. The molecule has 1 aromatic carbocycles. The number of carbonyl (C=O) groups is 1. The zero-order chi connectivity index (χ0) is 14.1. The molecule has 20 heavy (non-hydrogen) atoms. The van der Waals surface area contributed by atoms with Gasteiger partial charge in [0.25, 0.3) is 0 Å². The van der Waals surface area contributed by atoms with Crippen molar-refractivity contribution < 1.29 is 4.79 Å². The molecule has 0 aromatic heterocycles. The van der Waals surface area contributed by atoms with E-state index in [0.717, 1.165) is 35.4 Å². The number of nitriles is 1. The van der Waals surface area contributed by atoms with E-state index in [4.69, 9.17) is 0 Å². The highest BCUT2D eigenvalue weighted by atomic mass is 16.1. The van der Waals surface area contributed by atoms with Crippen molar-refractivity contribution in [2.24, 2.45) is 10.9 Å². The fourth-order valence-corrected chi connectivity index (χ4v) is 3.19. The third-order valence-electron chi connectivity index (χ3n) is 4.13. The second kappa shape index (κ2) is 5.05. The summed E-state index contributed by atoms with van der Waals surface area (Å²) in [6.07, 6.45) is 2.29. The van der Waals surface area contributed by atoms with Crippen LogP contribution in [-0.4, -0.2) is 11.5 Å². The molecule has 3 rings (SSSR count). The number of rotatable bonds is 1. The van der Waals surface area contributed by atoms with Gasteiger partial charge in [-0.25, -0.2) is 0 Å². The van der Waals surface area contributed by atoms with E-state index in [1.807, 2.05) is 37.3 Å². The SMILES string of the molecule is CC1=NC2=C(C(=O)CCC2)C(c2ccccc2)C1C#N. The molecular formula is C17H16N2O. The summed E-state index contributed by atoms with van der Waals surface area (Å²) in [5, 5.41) is 9.50. The molecule has 1 aromatic rings. The summed E-state index contributed by atoms with van der Waals surface area (Å²) in [6, 6.07) is 12.2. The Hall–Kier alpha value is -2.21. The molecule has 2 unspecified atom stereocenters.